The number of ether oxygens (including phenoxy) is 1. The van der Waals surface area contributed by atoms with Gasteiger partial charge in [-0.1, -0.05) is 12.1 Å². The molecule has 1 aromatic carbocycles. The lowest BCUT2D eigenvalue weighted by molar-refractivity contribution is -0.115. The molecule has 0 aliphatic rings. The highest BCUT2D eigenvalue weighted by molar-refractivity contribution is 9.10. The molecule has 4 rings (SSSR count). The molecule has 0 radical (unpaired) electrons. The van der Waals surface area contributed by atoms with E-state index in [9.17, 15) is 4.79 Å². The van der Waals surface area contributed by atoms with Crippen molar-refractivity contribution in [2.45, 2.75) is 13.0 Å². The van der Waals surface area contributed by atoms with E-state index in [1.54, 1.807) is 34.9 Å². The summed E-state index contributed by atoms with van der Waals surface area (Å²) in [6.45, 7) is 0.374. The van der Waals surface area contributed by atoms with Gasteiger partial charge in [0.25, 0.3) is 0 Å². The van der Waals surface area contributed by atoms with Crippen LogP contribution in [0.25, 0.3) is 9.88 Å². The number of benzene rings is 1. The predicted molar refractivity (Wildman–Crippen MR) is 120 cm³/mol. The zero-order valence-corrected chi connectivity index (χ0v) is 18.4. The van der Waals surface area contributed by atoms with Crippen LogP contribution in [0.1, 0.15) is 11.4 Å². The Morgan fingerprint density at radius 3 is 2.79 bits per heavy atom. The molecule has 4 aromatic rings. The van der Waals surface area contributed by atoms with Crippen molar-refractivity contribution in [1.29, 1.82) is 0 Å². The molecule has 0 unspecified atom stereocenters. The average molecular weight is 486 g/mol. The van der Waals surface area contributed by atoms with Gasteiger partial charge in [0.2, 0.25) is 5.91 Å². The minimum atomic E-state index is -0.115. The van der Waals surface area contributed by atoms with Crippen LogP contribution in [0.3, 0.4) is 0 Å². The third kappa shape index (κ3) is 5.50. The summed E-state index contributed by atoms with van der Waals surface area (Å²) in [6, 6.07) is 15.1. The molecule has 0 atom stereocenters. The van der Waals surface area contributed by atoms with Crippen molar-refractivity contribution in [3.05, 3.63) is 81.3 Å². The third-order valence-electron chi connectivity index (χ3n) is 3.90. The largest absolute Gasteiger partial charge is 0.487 e. The summed E-state index contributed by atoms with van der Waals surface area (Å²) in [5, 5.41) is 7.78. The first-order valence-electron chi connectivity index (χ1n) is 8.77. The van der Waals surface area contributed by atoms with E-state index in [1.165, 1.54) is 0 Å². The number of rotatable bonds is 7. The second-order valence-corrected chi connectivity index (χ2v) is 8.82. The summed E-state index contributed by atoms with van der Waals surface area (Å²) in [7, 11) is 0. The van der Waals surface area contributed by atoms with Crippen molar-refractivity contribution in [1.82, 2.24) is 9.97 Å². The number of anilines is 1. The van der Waals surface area contributed by atoms with Gasteiger partial charge in [-0.3, -0.25) is 9.78 Å². The summed E-state index contributed by atoms with van der Waals surface area (Å²) in [5.74, 6) is 0.559. The topological polar surface area (TPSA) is 64.1 Å². The van der Waals surface area contributed by atoms with E-state index >= 15 is 0 Å². The van der Waals surface area contributed by atoms with Crippen molar-refractivity contribution < 1.29 is 9.53 Å². The van der Waals surface area contributed by atoms with Gasteiger partial charge < -0.3 is 10.1 Å². The summed E-state index contributed by atoms with van der Waals surface area (Å²) in [5.41, 5.74) is 2.29. The van der Waals surface area contributed by atoms with E-state index in [-0.39, 0.29) is 12.3 Å². The van der Waals surface area contributed by atoms with Crippen LogP contribution in [0.4, 0.5) is 5.69 Å². The maximum atomic E-state index is 12.4. The number of thiazole rings is 1. The zero-order chi connectivity index (χ0) is 20.1. The van der Waals surface area contributed by atoms with Crippen LogP contribution in [0.5, 0.6) is 5.75 Å². The number of nitrogens with zero attached hydrogens (tertiary/aromatic N) is 2. The number of carbonyl (C=O) groups excluding carboxylic acids is 1. The molecule has 0 bridgehead atoms. The van der Waals surface area contributed by atoms with Gasteiger partial charge in [0.15, 0.2) is 0 Å². The van der Waals surface area contributed by atoms with Crippen LogP contribution in [0.15, 0.2) is 70.0 Å². The van der Waals surface area contributed by atoms with Crippen LogP contribution in [0, 0.1) is 0 Å². The summed E-state index contributed by atoms with van der Waals surface area (Å²) < 4.78 is 6.80. The maximum absolute atomic E-state index is 12.4. The second kappa shape index (κ2) is 9.30. The Kier molecular flexibility index (Phi) is 6.33. The number of pyridine rings is 1. The number of carbonyl (C=O) groups is 1. The molecule has 0 aliphatic carbocycles. The van der Waals surface area contributed by atoms with Crippen LogP contribution >= 0.6 is 38.6 Å². The lowest BCUT2D eigenvalue weighted by atomic mass is 10.2. The van der Waals surface area contributed by atoms with E-state index in [4.69, 9.17) is 4.74 Å². The van der Waals surface area contributed by atoms with Crippen LogP contribution < -0.4 is 10.1 Å². The Balaban J connectivity index is 1.34. The molecule has 0 aliphatic heterocycles. The predicted octanol–water partition coefficient (Wildman–Crippen LogP) is 5.79. The molecule has 0 fully saturated rings. The molecule has 146 valence electrons. The molecule has 8 heteroatoms. The minimum Gasteiger partial charge on any atom is -0.487 e. The fraction of sp³-hybridized carbons (Fsp3) is 0.0952. The number of hydrogen-bond donors (Lipinski definition) is 1. The standard InChI is InChI=1S/C21H16BrN3O2S2/c22-14-8-19(28-12-14)21-25-17(13-29-21)10-20(26)24-15-5-3-6-18(9-15)27-11-16-4-1-2-7-23-16/h1-9,12-13H,10-11H2,(H,24,26). The third-order valence-corrected chi connectivity index (χ3v) is 6.65. The SMILES string of the molecule is O=C(Cc1csc(-c2cc(Br)cs2)n1)Nc1cccc(OCc2ccccn2)c1. The normalized spacial score (nSPS) is 10.7. The Hall–Kier alpha value is -2.55. The Morgan fingerprint density at radius 2 is 2.00 bits per heavy atom. The van der Waals surface area contributed by atoms with Gasteiger partial charge in [-0.15, -0.1) is 22.7 Å². The number of aromatic nitrogens is 2. The summed E-state index contributed by atoms with van der Waals surface area (Å²) in [6.07, 6.45) is 1.96. The van der Waals surface area contributed by atoms with Gasteiger partial charge >= 0.3 is 0 Å². The molecule has 0 saturated heterocycles. The molecular formula is C21H16BrN3O2S2. The minimum absolute atomic E-state index is 0.115. The smallest absolute Gasteiger partial charge is 0.230 e. The Morgan fingerprint density at radius 1 is 1.07 bits per heavy atom. The van der Waals surface area contributed by atoms with Crippen molar-refractivity contribution in [2.24, 2.45) is 0 Å². The molecule has 3 heterocycles. The van der Waals surface area contributed by atoms with Crippen molar-refractivity contribution in [3.63, 3.8) is 0 Å². The zero-order valence-electron chi connectivity index (χ0n) is 15.2. The number of thiophene rings is 1. The Bertz CT molecular complexity index is 1110. The van der Waals surface area contributed by atoms with Gasteiger partial charge in [-0.25, -0.2) is 4.98 Å². The van der Waals surface area contributed by atoms with Crippen molar-refractivity contribution in [2.75, 3.05) is 5.32 Å². The lowest BCUT2D eigenvalue weighted by Gasteiger charge is -2.08. The van der Waals surface area contributed by atoms with E-state index in [0.29, 0.717) is 18.0 Å². The number of amides is 1. The van der Waals surface area contributed by atoms with Gasteiger partial charge in [-0.2, -0.15) is 0 Å². The Labute approximate surface area is 184 Å². The monoisotopic (exact) mass is 485 g/mol. The highest BCUT2D eigenvalue weighted by Gasteiger charge is 2.11. The molecule has 3 aromatic heterocycles. The molecule has 1 N–H and O–H groups in total. The quantitative estimate of drug-likeness (QED) is 0.359. The fourth-order valence-corrected chi connectivity index (χ4v) is 4.93. The average Bonchev–Trinajstić information content (AvgIpc) is 3.36. The molecule has 1 amide bonds. The second-order valence-electron chi connectivity index (χ2n) is 6.14. The first kappa shape index (κ1) is 19.8. The van der Waals surface area contributed by atoms with Crippen molar-refractivity contribution in [3.8, 4) is 15.6 Å². The maximum Gasteiger partial charge on any atom is 0.230 e. The van der Waals surface area contributed by atoms with Crippen LogP contribution in [-0.4, -0.2) is 15.9 Å². The summed E-state index contributed by atoms with van der Waals surface area (Å²) in [4.78, 5) is 22.3. The van der Waals surface area contributed by atoms with Crippen LogP contribution in [0.2, 0.25) is 0 Å². The fourth-order valence-electron chi connectivity index (χ4n) is 2.60. The molecule has 29 heavy (non-hydrogen) atoms. The molecule has 5 nitrogen and oxygen atoms in total. The van der Waals surface area contributed by atoms with E-state index in [0.717, 1.165) is 25.7 Å². The van der Waals surface area contributed by atoms with E-state index in [2.05, 4.69) is 31.2 Å². The van der Waals surface area contributed by atoms with Gasteiger partial charge in [0.1, 0.15) is 17.4 Å². The highest BCUT2D eigenvalue weighted by Crippen LogP contribution is 2.32. The number of hydrogen-bond acceptors (Lipinski definition) is 6. The molecule has 0 spiro atoms. The first-order chi connectivity index (χ1) is 14.2. The van der Waals surface area contributed by atoms with E-state index < -0.39 is 0 Å². The lowest BCUT2D eigenvalue weighted by Crippen LogP contribution is -2.14. The number of nitrogens with one attached hydrogen (secondary N) is 1. The van der Waals surface area contributed by atoms with Crippen molar-refractivity contribution >= 4 is 50.2 Å². The van der Waals surface area contributed by atoms with Gasteiger partial charge in [-0.05, 0) is 46.3 Å². The van der Waals surface area contributed by atoms with Crippen LogP contribution in [-0.2, 0) is 17.8 Å². The molecular weight excluding hydrogens is 470 g/mol. The highest BCUT2D eigenvalue weighted by atomic mass is 79.9. The van der Waals surface area contributed by atoms with E-state index in [1.807, 2.05) is 53.2 Å². The summed E-state index contributed by atoms with van der Waals surface area (Å²) >= 11 is 6.62. The molecule has 0 saturated carbocycles. The van der Waals surface area contributed by atoms with Gasteiger partial charge in [0, 0.05) is 33.2 Å². The number of halogens is 1. The van der Waals surface area contributed by atoms with Gasteiger partial charge in [0.05, 0.1) is 22.7 Å². The first-order valence-corrected chi connectivity index (χ1v) is 11.3.